The predicted octanol–water partition coefficient (Wildman–Crippen LogP) is 11.0. The second kappa shape index (κ2) is 12.2. The van der Waals surface area contributed by atoms with Gasteiger partial charge in [-0.25, -0.2) is 9.97 Å². The molecule has 4 heterocycles. The fourth-order valence-corrected chi connectivity index (χ4v) is 7.52. The summed E-state index contributed by atoms with van der Waals surface area (Å²) in [5, 5.41) is 4.64. The van der Waals surface area contributed by atoms with E-state index in [1.165, 1.54) is 10.9 Å². The number of hydrogen-bond acceptors (Lipinski definition) is 2. The molecule has 6 aromatic carbocycles. The Bertz CT molecular complexity index is 2900. The first-order valence-electron chi connectivity index (χ1n) is 17.1. The molecular weight excluding hydrogens is 806 g/mol. The van der Waals surface area contributed by atoms with Gasteiger partial charge in [0.05, 0.1) is 11.0 Å². The monoisotopic (exact) mass is 836 g/mol. The number of aromatic nitrogens is 5. The molecule has 0 saturated heterocycles. The number of nitrogens with zero attached hydrogens (tertiary/aromatic N) is 5. The maximum atomic E-state index is 5.47. The molecule has 0 N–H and O–H groups in total. The third kappa shape index (κ3) is 4.87. The molecule has 0 aliphatic rings. The Kier molecular flexibility index (Phi) is 7.48. The van der Waals surface area contributed by atoms with Crippen molar-refractivity contribution in [2.45, 2.75) is 19.8 Å². The van der Waals surface area contributed by atoms with Crippen LogP contribution in [-0.4, -0.2) is 19.1 Å². The summed E-state index contributed by atoms with van der Waals surface area (Å²) in [5.41, 5.74) is 11.4. The molecule has 0 aliphatic heterocycles. The van der Waals surface area contributed by atoms with Crippen molar-refractivity contribution in [1.29, 1.82) is 0 Å². The van der Waals surface area contributed by atoms with Crippen molar-refractivity contribution < 1.29 is 21.1 Å². The molecule has 5 nitrogen and oxygen atoms in total. The van der Waals surface area contributed by atoms with Crippen LogP contribution in [0.25, 0.3) is 88.7 Å². The molecule has 0 atom stereocenters. The number of pyridine rings is 1. The van der Waals surface area contributed by atoms with E-state index >= 15 is 0 Å². The van der Waals surface area contributed by atoms with E-state index in [1.54, 1.807) is 0 Å². The Morgan fingerprint density at radius 2 is 1.41 bits per heavy atom. The summed E-state index contributed by atoms with van der Waals surface area (Å²) in [6, 6.07) is 52.8. The van der Waals surface area contributed by atoms with Gasteiger partial charge in [-0.15, -0.1) is 34.8 Å². The molecule has 10 rings (SSSR count). The summed E-state index contributed by atoms with van der Waals surface area (Å²) in [7, 11) is 0. The normalized spacial score (nSPS) is 11.7. The van der Waals surface area contributed by atoms with Crippen molar-refractivity contribution >= 4 is 54.6 Å². The fraction of sp³-hybridized carbons (Fsp3) is 0.0667. The summed E-state index contributed by atoms with van der Waals surface area (Å²) < 4.78 is 4.50. The minimum absolute atomic E-state index is 0. The van der Waals surface area contributed by atoms with Crippen LogP contribution in [0.4, 0.5) is 0 Å². The van der Waals surface area contributed by atoms with Gasteiger partial charge < -0.3 is 9.55 Å². The van der Waals surface area contributed by atoms with Gasteiger partial charge in [0.1, 0.15) is 11.6 Å². The quantitative estimate of drug-likeness (QED) is 0.162. The summed E-state index contributed by atoms with van der Waals surface area (Å²) in [6.45, 7) is 4.48. The minimum atomic E-state index is 0. The molecule has 0 amide bonds. The van der Waals surface area contributed by atoms with E-state index in [1.807, 2.05) is 24.4 Å². The molecule has 0 bridgehead atoms. The first-order chi connectivity index (χ1) is 24.6. The molecule has 0 saturated carbocycles. The molecular formula is C45H31N5Pt. The number of rotatable bonds is 5. The van der Waals surface area contributed by atoms with E-state index < -0.39 is 0 Å². The van der Waals surface area contributed by atoms with E-state index in [2.05, 4.69) is 150 Å². The number of benzene rings is 6. The summed E-state index contributed by atoms with van der Waals surface area (Å²) >= 11 is 0. The second-order valence-corrected chi connectivity index (χ2v) is 13.2. The molecule has 0 spiro atoms. The number of para-hydroxylation sites is 4. The Morgan fingerprint density at radius 1 is 0.627 bits per heavy atom. The van der Waals surface area contributed by atoms with Crippen molar-refractivity contribution in [1.82, 2.24) is 24.1 Å². The number of imidazole rings is 1. The number of fused-ring (bicyclic) bond motifs is 7. The van der Waals surface area contributed by atoms with E-state index in [0.29, 0.717) is 5.92 Å². The zero-order chi connectivity index (χ0) is 33.3. The Morgan fingerprint density at radius 3 is 2.25 bits per heavy atom. The van der Waals surface area contributed by atoms with Gasteiger partial charge in [0.25, 0.3) is 0 Å². The average Bonchev–Trinajstić information content (AvgIpc) is 3.84. The first kappa shape index (κ1) is 31.2. The van der Waals surface area contributed by atoms with Crippen LogP contribution in [-0.2, 0) is 21.1 Å². The van der Waals surface area contributed by atoms with Crippen LogP contribution in [0, 0.1) is 6.07 Å². The summed E-state index contributed by atoms with van der Waals surface area (Å²) in [5.74, 6) is 2.15. The molecule has 0 aliphatic carbocycles. The molecule has 51 heavy (non-hydrogen) atoms. The van der Waals surface area contributed by atoms with E-state index in [-0.39, 0.29) is 21.1 Å². The van der Waals surface area contributed by atoms with Crippen molar-refractivity contribution in [3.05, 3.63) is 157 Å². The zero-order valence-electron chi connectivity index (χ0n) is 28.0. The molecule has 0 unspecified atom stereocenters. The summed E-state index contributed by atoms with van der Waals surface area (Å²) in [6.07, 6.45) is 1.85. The SMILES string of the molecule is CC(C)c1ccc2c(c1)c1ccc(-c3cccc4c3nc(-c3cccc5c3[n-]c3ccccc35)n4-c3ccccc3)[c-]c1n2-c1ccccn1.[Pt+2]. The van der Waals surface area contributed by atoms with Crippen LogP contribution < -0.4 is 4.98 Å². The van der Waals surface area contributed by atoms with Gasteiger partial charge in [0.2, 0.25) is 0 Å². The third-order valence-corrected chi connectivity index (χ3v) is 9.94. The molecule has 10 aromatic rings. The van der Waals surface area contributed by atoms with Crippen LogP contribution in [0.1, 0.15) is 25.3 Å². The molecule has 0 fully saturated rings. The number of hydrogen-bond donors (Lipinski definition) is 0. The maximum absolute atomic E-state index is 5.47. The molecule has 246 valence electrons. The van der Waals surface area contributed by atoms with E-state index in [0.717, 1.165) is 83.3 Å². The molecule has 6 heteroatoms. The van der Waals surface area contributed by atoms with Gasteiger partial charge in [0, 0.05) is 23.0 Å². The molecule has 4 aromatic heterocycles. The maximum Gasteiger partial charge on any atom is 2.00 e. The zero-order valence-corrected chi connectivity index (χ0v) is 30.3. The van der Waals surface area contributed by atoms with Gasteiger partial charge in [-0.3, -0.25) is 4.57 Å². The van der Waals surface area contributed by atoms with Crippen LogP contribution in [0.2, 0.25) is 0 Å². The Hall–Kier alpha value is -5.77. The average molecular weight is 837 g/mol. The minimum Gasteiger partial charge on any atom is -0.656 e. The van der Waals surface area contributed by atoms with Gasteiger partial charge in [-0.2, -0.15) is 0 Å². The smallest absolute Gasteiger partial charge is 0.656 e. The predicted molar refractivity (Wildman–Crippen MR) is 205 cm³/mol. The van der Waals surface area contributed by atoms with Crippen molar-refractivity contribution in [2.24, 2.45) is 0 Å². The van der Waals surface area contributed by atoms with Crippen LogP contribution >= 0.6 is 0 Å². The largest absolute Gasteiger partial charge is 2.00 e. The molecule has 0 radical (unpaired) electrons. The van der Waals surface area contributed by atoms with Crippen LogP contribution in [0.15, 0.2) is 146 Å². The third-order valence-electron chi connectivity index (χ3n) is 9.94. The van der Waals surface area contributed by atoms with Crippen molar-refractivity contribution in [3.8, 4) is 34.0 Å². The van der Waals surface area contributed by atoms with Gasteiger partial charge in [0.15, 0.2) is 0 Å². The van der Waals surface area contributed by atoms with Crippen LogP contribution in [0.5, 0.6) is 0 Å². The Balaban J connectivity index is 0.00000348. The summed E-state index contributed by atoms with van der Waals surface area (Å²) in [4.78, 5) is 15.4. The van der Waals surface area contributed by atoms with Crippen LogP contribution in [0.3, 0.4) is 0 Å². The fourth-order valence-electron chi connectivity index (χ4n) is 7.52. The van der Waals surface area contributed by atoms with Crippen molar-refractivity contribution in [3.63, 3.8) is 0 Å². The van der Waals surface area contributed by atoms with Gasteiger partial charge >= 0.3 is 21.1 Å². The Labute approximate surface area is 309 Å². The van der Waals surface area contributed by atoms with Gasteiger partial charge in [-0.05, 0) is 69.6 Å². The topological polar surface area (TPSA) is 49.7 Å². The standard InChI is InChI=1S/C45H31N5.Pt/c1-28(2)29-22-24-39-37(26-29)34-23-21-30(27-41(34)50(39)42-20-8-9-25-46-42)32-15-11-19-40-44(32)48-45(49(40)31-12-4-3-5-13-31)36-17-10-16-35-33-14-6-7-18-38(33)47-43(35)36;/h3-26,28H,1-2H3;/q-2;+2. The van der Waals surface area contributed by atoms with Gasteiger partial charge in [-0.1, -0.05) is 116 Å². The van der Waals surface area contributed by atoms with Crippen molar-refractivity contribution in [2.75, 3.05) is 0 Å². The second-order valence-electron chi connectivity index (χ2n) is 13.2. The first-order valence-corrected chi connectivity index (χ1v) is 17.1. The van der Waals surface area contributed by atoms with E-state index in [9.17, 15) is 0 Å². The van der Waals surface area contributed by atoms with E-state index in [4.69, 9.17) is 15.0 Å².